The summed E-state index contributed by atoms with van der Waals surface area (Å²) in [6.45, 7) is 3.96. The molecule has 1 heterocycles. The number of aryl methyl sites for hydroxylation is 3. The van der Waals surface area contributed by atoms with Crippen molar-refractivity contribution in [3.8, 4) is 17.2 Å². The molecule has 1 amide bonds. The van der Waals surface area contributed by atoms with Gasteiger partial charge < -0.3 is 14.5 Å². The van der Waals surface area contributed by atoms with Crippen LogP contribution in [0.25, 0.3) is 11.5 Å². The van der Waals surface area contributed by atoms with Gasteiger partial charge in [0.15, 0.2) is 0 Å². The number of anilines is 1. The molecule has 2 aromatic carbocycles. The monoisotopic (exact) mass is 351 g/mol. The number of carbonyl (C=O) groups excluding carboxylic acids is 1. The zero-order valence-electron chi connectivity index (χ0n) is 15.1. The predicted octanol–water partition coefficient (Wildman–Crippen LogP) is 3.93. The quantitative estimate of drug-likeness (QED) is 0.728. The van der Waals surface area contributed by atoms with Gasteiger partial charge in [0.1, 0.15) is 5.75 Å². The number of ether oxygens (including phenoxy) is 1. The van der Waals surface area contributed by atoms with Crippen LogP contribution < -0.4 is 10.1 Å². The standard InChI is InChI=1S/C20H21N3O3/c1-13-7-8-14(2)17(11-13)21-18(24)9-10-19-22-23-20(26-19)15-5-4-6-16(12-15)25-3/h4-8,11-12H,9-10H2,1-3H3,(H,21,24). The highest BCUT2D eigenvalue weighted by Crippen LogP contribution is 2.23. The minimum atomic E-state index is -0.0835. The van der Waals surface area contributed by atoms with Crippen molar-refractivity contribution in [2.45, 2.75) is 26.7 Å². The number of hydrogen-bond acceptors (Lipinski definition) is 5. The minimum absolute atomic E-state index is 0.0835. The van der Waals surface area contributed by atoms with Crippen LogP contribution in [0.4, 0.5) is 5.69 Å². The first kappa shape index (κ1) is 17.7. The van der Waals surface area contributed by atoms with E-state index in [1.165, 1.54) is 0 Å². The van der Waals surface area contributed by atoms with Crippen LogP contribution >= 0.6 is 0 Å². The third-order valence-corrected chi connectivity index (χ3v) is 4.02. The summed E-state index contributed by atoms with van der Waals surface area (Å²) in [5.74, 6) is 1.47. The smallest absolute Gasteiger partial charge is 0.247 e. The Morgan fingerprint density at radius 3 is 2.81 bits per heavy atom. The van der Waals surface area contributed by atoms with Crippen molar-refractivity contribution < 1.29 is 13.9 Å². The molecule has 1 N–H and O–H groups in total. The molecule has 0 radical (unpaired) electrons. The Hall–Kier alpha value is -3.15. The Kier molecular flexibility index (Phi) is 5.31. The molecule has 0 aliphatic carbocycles. The Balaban J connectivity index is 1.61. The zero-order chi connectivity index (χ0) is 18.5. The highest BCUT2D eigenvalue weighted by atomic mass is 16.5. The second kappa shape index (κ2) is 7.82. The Labute approximate surface area is 152 Å². The number of nitrogens with zero attached hydrogens (tertiary/aromatic N) is 2. The molecule has 0 saturated heterocycles. The fraction of sp³-hybridized carbons (Fsp3) is 0.250. The SMILES string of the molecule is COc1cccc(-c2nnc(CCC(=O)Nc3cc(C)ccc3C)o2)c1. The fourth-order valence-corrected chi connectivity index (χ4v) is 2.53. The summed E-state index contributed by atoms with van der Waals surface area (Å²) in [6.07, 6.45) is 0.654. The van der Waals surface area contributed by atoms with Gasteiger partial charge in [-0.25, -0.2) is 0 Å². The summed E-state index contributed by atoms with van der Waals surface area (Å²) in [4.78, 5) is 12.2. The van der Waals surface area contributed by atoms with Gasteiger partial charge in [0.2, 0.25) is 17.7 Å². The summed E-state index contributed by atoms with van der Waals surface area (Å²) in [5, 5.41) is 11.0. The van der Waals surface area contributed by atoms with Gasteiger partial charge in [-0.2, -0.15) is 0 Å². The first-order valence-corrected chi connectivity index (χ1v) is 8.39. The van der Waals surface area contributed by atoms with E-state index in [0.29, 0.717) is 18.2 Å². The zero-order valence-corrected chi connectivity index (χ0v) is 15.1. The van der Waals surface area contributed by atoms with Crippen LogP contribution in [0, 0.1) is 13.8 Å². The van der Waals surface area contributed by atoms with Gasteiger partial charge in [-0.15, -0.1) is 10.2 Å². The maximum atomic E-state index is 12.2. The first-order chi connectivity index (χ1) is 12.5. The molecule has 0 aliphatic heterocycles. The lowest BCUT2D eigenvalue weighted by Gasteiger charge is -2.08. The highest BCUT2D eigenvalue weighted by molar-refractivity contribution is 5.91. The number of carbonyl (C=O) groups is 1. The van der Waals surface area contributed by atoms with E-state index in [4.69, 9.17) is 9.15 Å². The van der Waals surface area contributed by atoms with Crippen molar-refractivity contribution in [2.75, 3.05) is 12.4 Å². The fourth-order valence-electron chi connectivity index (χ4n) is 2.53. The third-order valence-electron chi connectivity index (χ3n) is 4.02. The molecule has 0 atom stereocenters. The predicted molar refractivity (Wildman–Crippen MR) is 99.2 cm³/mol. The van der Waals surface area contributed by atoms with Gasteiger partial charge in [-0.1, -0.05) is 18.2 Å². The van der Waals surface area contributed by atoms with Gasteiger partial charge in [-0.3, -0.25) is 4.79 Å². The van der Waals surface area contributed by atoms with Crippen molar-refractivity contribution in [3.63, 3.8) is 0 Å². The van der Waals surface area contributed by atoms with E-state index < -0.39 is 0 Å². The van der Waals surface area contributed by atoms with Gasteiger partial charge in [-0.05, 0) is 49.2 Å². The van der Waals surface area contributed by atoms with Gasteiger partial charge in [0.25, 0.3) is 0 Å². The molecular formula is C20H21N3O3. The van der Waals surface area contributed by atoms with Crippen LogP contribution in [-0.2, 0) is 11.2 Å². The molecule has 0 fully saturated rings. The first-order valence-electron chi connectivity index (χ1n) is 8.39. The average Bonchev–Trinajstić information content (AvgIpc) is 3.12. The average molecular weight is 351 g/mol. The number of benzene rings is 2. The minimum Gasteiger partial charge on any atom is -0.497 e. The maximum Gasteiger partial charge on any atom is 0.247 e. The van der Waals surface area contributed by atoms with E-state index in [1.54, 1.807) is 7.11 Å². The number of amides is 1. The van der Waals surface area contributed by atoms with Crippen LogP contribution in [-0.4, -0.2) is 23.2 Å². The van der Waals surface area contributed by atoms with E-state index in [0.717, 1.165) is 28.1 Å². The van der Waals surface area contributed by atoms with E-state index in [1.807, 2.05) is 56.3 Å². The van der Waals surface area contributed by atoms with Gasteiger partial charge >= 0.3 is 0 Å². The number of hydrogen-bond donors (Lipinski definition) is 1. The summed E-state index contributed by atoms with van der Waals surface area (Å²) in [5.41, 5.74) is 3.74. The molecule has 0 bridgehead atoms. The van der Waals surface area contributed by atoms with E-state index in [2.05, 4.69) is 15.5 Å². The Morgan fingerprint density at radius 1 is 1.15 bits per heavy atom. The van der Waals surface area contributed by atoms with E-state index in [-0.39, 0.29) is 12.3 Å². The molecule has 3 aromatic rings. The van der Waals surface area contributed by atoms with Crippen molar-refractivity contribution in [1.82, 2.24) is 10.2 Å². The van der Waals surface area contributed by atoms with Crippen LogP contribution in [0.5, 0.6) is 5.75 Å². The Morgan fingerprint density at radius 2 is 2.00 bits per heavy atom. The molecule has 0 unspecified atom stereocenters. The molecule has 3 rings (SSSR count). The molecule has 0 saturated carbocycles. The topological polar surface area (TPSA) is 77.2 Å². The summed E-state index contributed by atoms with van der Waals surface area (Å²) < 4.78 is 10.8. The number of nitrogens with one attached hydrogen (secondary N) is 1. The number of aromatic nitrogens is 2. The van der Waals surface area contributed by atoms with Crippen LogP contribution in [0.2, 0.25) is 0 Å². The lowest BCUT2D eigenvalue weighted by Crippen LogP contribution is -2.13. The van der Waals surface area contributed by atoms with E-state index in [9.17, 15) is 4.79 Å². The molecule has 1 aromatic heterocycles. The number of rotatable bonds is 6. The van der Waals surface area contributed by atoms with Crippen molar-refractivity contribution in [2.24, 2.45) is 0 Å². The Bertz CT molecular complexity index is 918. The highest BCUT2D eigenvalue weighted by Gasteiger charge is 2.12. The normalized spacial score (nSPS) is 10.6. The van der Waals surface area contributed by atoms with Gasteiger partial charge in [0.05, 0.1) is 7.11 Å². The largest absolute Gasteiger partial charge is 0.497 e. The van der Waals surface area contributed by atoms with E-state index >= 15 is 0 Å². The molecule has 0 spiro atoms. The lowest BCUT2D eigenvalue weighted by molar-refractivity contribution is -0.116. The van der Waals surface area contributed by atoms with Crippen molar-refractivity contribution >= 4 is 11.6 Å². The summed E-state index contributed by atoms with van der Waals surface area (Å²) >= 11 is 0. The molecule has 6 nitrogen and oxygen atoms in total. The molecule has 134 valence electrons. The van der Waals surface area contributed by atoms with Crippen molar-refractivity contribution in [3.05, 3.63) is 59.5 Å². The molecular weight excluding hydrogens is 330 g/mol. The van der Waals surface area contributed by atoms with Crippen LogP contribution in [0.15, 0.2) is 46.9 Å². The summed E-state index contributed by atoms with van der Waals surface area (Å²) in [6, 6.07) is 13.4. The summed E-state index contributed by atoms with van der Waals surface area (Å²) in [7, 11) is 1.60. The lowest BCUT2D eigenvalue weighted by atomic mass is 10.1. The molecule has 0 aliphatic rings. The molecule has 26 heavy (non-hydrogen) atoms. The molecule has 6 heteroatoms. The maximum absolute atomic E-state index is 12.2. The van der Waals surface area contributed by atoms with Crippen molar-refractivity contribution in [1.29, 1.82) is 0 Å². The second-order valence-corrected chi connectivity index (χ2v) is 6.10. The van der Waals surface area contributed by atoms with Gasteiger partial charge in [0, 0.05) is 24.1 Å². The van der Waals surface area contributed by atoms with Crippen LogP contribution in [0.3, 0.4) is 0 Å². The van der Waals surface area contributed by atoms with Crippen LogP contribution in [0.1, 0.15) is 23.4 Å². The third kappa shape index (κ3) is 4.27. The number of methoxy groups -OCH3 is 1. The second-order valence-electron chi connectivity index (χ2n) is 6.10.